The van der Waals surface area contributed by atoms with Gasteiger partial charge >= 0.3 is 11.3 Å². The van der Waals surface area contributed by atoms with Crippen LogP contribution in [-0.4, -0.2) is 41.4 Å². The first-order valence-corrected chi connectivity index (χ1v) is 7.52. The van der Waals surface area contributed by atoms with Gasteiger partial charge in [-0.1, -0.05) is 29.4 Å². The summed E-state index contributed by atoms with van der Waals surface area (Å²) in [5.41, 5.74) is 1.20. The quantitative estimate of drug-likeness (QED) is 0.547. The van der Waals surface area contributed by atoms with Gasteiger partial charge in [-0.3, -0.25) is 9.63 Å². The van der Waals surface area contributed by atoms with E-state index in [1.807, 2.05) is 0 Å². The van der Waals surface area contributed by atoms with E-state index >= 15 is 0 Å². The molecule has 0 aliphatic heterocycles. The second-order valence-corrected chi connectivity index (χ2v) is 5.53. The van der Waals surface area contributed by atoms with Crippen LogP contribution in [0.2, 0.25) is 0 Å². The maximum atomic E-state index is 12.9. The summed E-state index contributed by atoms with van der Waals surface area (Å²) in [5.74, 6) is -1.33. The molecule has 1 aromatic heterocycles. The van der Waals surface area contributed by atoms with E-state index in [0.717, 1.165) is 10.6 Å². The molecule has 0 radical (unpaired) electrons. The van der Waals surface area contributed by atoms with Gasteiger partial charge in [0.15, 0.2) is 0 Å². The van der Waals surface area contributed by atoms with Crippen LogP contribution in [0, 0.1) is 0 Å². The first-order valence-electron chi connectivity index (χ1n) is 7.14. The van der Waals surface area contributed by atoms with E-state index in [-0.39, 0.29) is 18.3 Å². The first-order chi connectivity index (χ1) is 11.8. The minimum Gasteiger partial charge on any atom is -0.372 e. The Hall–Kier alpha value is -2.10. The van der Waals surface area contributed by atoms with Gasteiger partial charge in [0.25, 0.3) is 5.91 Å². The summed E-state index contributed by atoms with van der Waals surface area (Å²) >= 11 is 4.83. The Morgan fingerprint density at radius 3 is 2.48 bits per heavy atom. The second-order valence-electron chi connectivity index (χ2n) is 5.05. The molecule has 1 amide bonds. The van der Waals surface area contributed by atoms with Crippen molar-refractivity contribution in [1.29, 1.82) is 0 Å². The Balaban J connectivity index is 2.11. The zero-order valence-corrected chi connectivity index (χ0v) is 14.5. The molecule has 1 unspecified atom stereocenters. The zero-order chi connectivity index (χ0) is 18.6. The minimum atomic E-state index is -3.72. The summed E-state index contributed by atoms with van der Waals surface area (Å²) in [4.78, 5) is 20.7. The Morgan fingerprint density at radius 2 is 2.00 bits per heavy atom. The van der Waals surface area contributed by atoms with Crippen molar-refractivity contribution in [1.82, 2.24) is 15.2 Å². The van der Waals surface area contributed by atoms with Crippen LogP contribution in [0.4, 0.5) is 8.78 Å². The molecule has 1 aromatic carbocycles. The van der Waals surface area contributed by atoms with Crippen LogP contribution in [0.3, 0.4) is 0 Å². The number of carbonyl (C=O) groups is 1. The van der Waals surface area contributed by atoms with Crippen LogP contribution >= 0.6 is 11.6 Å². The molecule has 1 atom stereocenters. The molecular formula is C15H16ClF2N3O4. The van der Waals surface area contributed by atoms with Gasteiger partial charge < -0.3 is 9.26 Å². The van der Waals surface area contributed by atoms with E-state index in [1.165, 1.54) is 14.2 Å². The number of methoxy groups -OCH3 is 1. The fourth-order valence-electron chi connectivity index (χ4n) is 1.92. The predicted octanol–water partition coefficient (Wildman–Crippen LogP) is 2.95. The maximum Gasteiger partial charge on any atom is 0.400 e. The number of hydrogen-bond donors (Lipinski definition) is 0. The summed E-state index contributed by atoms with van der Waals surface area (Å²) in [6.45, 7) is 1.79. The van der Waals surface area contributed by atoms with E-state index < -0.39 is 17.4 Å². The molecule has 0 fully saturated rings. The highest BCUT2D eigenvalue weighted by atomic mass is 35.5. The summed E-state index contributed by atoms with van der Waals surface area (Å²) in [5, 5.41) is 0.903. The SMILES string of the molecule is COC(C)C(=O)N(Cc1ccc(-c2noc(C(F)(F)Cl)n2)cc1)OC. The molecule has 0 N–H and O–H groups in total. The number of rotatable bonds is 7. The highest BCUT2D eigenvalue weighted by molar-refractivity contribution is 6.21. The molecule has 25 heavy (non-hydrogen) atoms. The van der Waals surface area contributed by atoms with Gasteiger partial charge in [-0.2, -0.15) is 13.8 Å². The molecule has 10 heteroatoms. The van der Waals surface area contributed by atoms with Crippen LogP contribution < -0.4 is 0 Å². The summed E-state index contributed by atoms with van der Waals surface area (Å²) in [6, 6.07) is 6.57. The number of amides is 1. The van der Waals surface area contributed by atoms with Crippen molar-refractivity contribution in [3.05, 3.63) is 35.7 Å². The first kappa shape index (κ1) is 19.2. The summed E-state index contributed by atoms with van der Waals surface area (Å²) in [6.07, 6.45) is -0.644. The number of alkyl halides is 3. The Labute approximate surface area is 147 Å². The van der Waals surface area contributed by atoms with Crippen molar-refractivity contribution in [3.8, 4) is 11.4 Å². The van der Waals surface area contributed by atoms with E-state index in [4.69, 9.17) is 21.2 Å². The lowest BCUT2D eigenvalue weighted by molar-refractivity contribution is -0.188. The molecule has 7 nitrogen and oxygen atoms in total. The lowest BCUT2D eigenvalue weighted by Crippen LogP contribution is -2.37. The molecule has 0 aliphatic carbocycles. The van der Waals surface area contributed by atoms with Gasteiger partial charge in [0.2, 0.25) is 5.82 Å². The van der Waals surface area contributed by atoms with Crippen molar-refractivity contribution in [2.75, 3.05) is 14.2 Å². The van der Waals surface area contributed by atoms with Crippen LogP contribution in [0.1, 0.15) is 18.4 Å². The van der Waals surface area contributed by atoms with Crippen molar-refractivity contribution in [2.24, 2.45) is 0 Å². The van der Waals surface area contributed by atoms with E-state index in [2.05, 4.69) is 14.7 Å². The average Bonchev–Trinajstić information content (AvgIpc) is 3.09. The van der Waals surface area contributed by atoms with E-state index in [1.54, 1.807) is 31.2 Å². The fraction of sp³-hybridized carbons (Fsp3) is 0.400. The lowest BCUT2D eigenvalue weighted by Gasteiger charge is -2.22. The van der Waals surface area contributed by atoms with Gasteiger partial charge in [-0.15, -0.1) is 0 Å². The fourth-order valence-corrected chi connectivity index (χ4v) is 1.99. The number of nitrogens with zero attached hydrogens (tertiary/aromatic N) is 3. The number of hydrogen-bond acceptors (Lipinski definition) is 6. The largest absolute Gasteiger partial charge is 0.400 e. The van der Waals surface area contributed by atoms with Gasteiger partial charge in [-0.05, 0) is 24.1 Å². The molecule has 0 saturated carbocycles. The molecule has 0 aliphatic rings. The minimum absolute atomic E-state index is 0.0189. The van der Waals surface area contributed by atoms with Crippen molar-refractivity contribution in [3.63, 3.8) is 0 Å². The van der Waals surface area contributed by atoms with Gasteiger partial charge in [0.1, 0.15) is 6.10 Å². The van der Waals surface area contributed by atoms with Crippen LogP contribution in [0.5, 0.6) is 0 Å². The smallest absolute Gasteiger partial charge is 0.372 e. The number of halogens is 3. The lowest BCUT2D eigenvalue weighted by atomic mass is 10.1. The van der Waals surface area contributed by atoms with Crippen molar-refractivity contribution in [2.45, 2.75) is 25.0 Å². The third kappa shape index (κ3) is 4.71. The number of ether oxygens (including phenoxy) is 1. The highest BCUT2D eigenvalue weighted by Gasteiger charge is 2.35. The summed E-state index contributed by atoms with van der Waals surface area (Å²) < 4.78 is 35.2. The predicted molar refractivity (Wildman–Crippen MR) is 83.5 cm³/mol. The highest BCUT2D eigenvalue weighted by Crippen LogP contribution is 2.32. The number of hydroxylamine groups is 2. The van der Waals surface area contributed by atoms with Crippen LogP contribution in [0.15, 0.2) is 28.8 Å². The average molecular weight is 376 g/mol. The zero-order valence-electron chi connectivity index (χ0n) is 13.7. The van der Waals surface area contributed by atoms with Crippen LogP contribution in [-0.2, 0) is 26.3 Å². The maximum absolute atomic E-state index is 12.9. The van der Waals surface area contributed by atoms with Crippen molar-refractivity contribution >= 4 is 17.5 Å². The molecule has 0 saturated heterocycles. The Bertz CT molecular complexity index is 718. The molecule has 0 bridgehead atoms. The molecule has 2 aromatic rings. The molecule has 136 valence electrons. The molecule has 0 spiro atoms. The molecular weight excluding hydrogens is 360 g/mol. The number of carbonyl (C=O) groups excluding carboxylic acids is 1. The normalized spacial score (nSPS) is 12.9. The molecule has 2 rings (SSSR count). The Kier molecular flexibility index (Phi) is 6.04. The monoisotopic (exact) mass is 375 g/mol. The third-order valence-electron chi connectivity index (χ3n) is 3.37. The number of benzene rings is 1. The van der Waals surface area contributed by atoms with Crippen LogP contribution in [0.25, 0.3) is 11.4 Å². The Morgan fingerprint density at radius 1 is 1.36 bits per heavy atom. The van der Waals surface area contributed by atoms with Crippen molar-refractivity contribution < 1.29 is 27.7 Å². The van der Waals surface area contributed by atoms with Gasteiger partial charge in [0.05, 0.1) is 13.7 Å². The van der Waals surface area contributed by atoms with E-state index in [0.29, 0.717) is 5.56 Å². The second kappa shape index (κ2) is 7.85. The third-order valence-corrected chi connectivity index (χ3v) is 3.54. The summed E-state index contributed by atoms with van der Waals surface area (Å²) in [7, 11) is 2.80. The number of aromatic nitrogens is 2. The van der Waals surface area contributed by atoms with Gasteiger partial charge in [-0.25, -0.2) is 5.06 Å². The van der Waals surface area contributed by atoms with E-state index in [9.17, 15) is 13.6 Å². The topological polar surface area (TPSA) is 77.7 Å². The standard InChI is InChI=1S/C15H16ClF2N3O4/c1-9(23-2)13(22)21(24-3)8-10-4-6-11(7-5-10)12-19-14(25-20-12)15(16,17)18/h4-7,9H,8H2,1-3H3. The van der Waals surface area contributed by atoms with Gasteiger partial charge in [0, 0.05) is 12.7 Å². The molecule has 1 heterocycles.